The number of nitrogens with zero attached hydrogens (tertiary/aromatic N) is 1. The van der Waals surface area contributed by atoms with E-state index in [0.29, 0.717) is 13.1 Å². The molecule has 0 heterocycles. The van der Waals surface area contributed by atoms with Crippen LogP contribution in [0, 0.1) is 0 Å². The molecule has 0 aromatic heterocycles. The van der Waals surface area contributed by atoms with E-state index in [1.807, 2.05) is 30.1 Å². The minimum absolute atomic E-state index is 0.0287. The number of hydrogen-bond donors (Lipinski definition) is 1. The van der Waals surface area contributed by atoms with Crippen molar-refractivity contribution in [3.63, 3.8) is 0 Å². The molecule has 1 rings (SSSR count). The molecule has 114 valence electrons. The van der Waals surface area contributed by atoms with E-state index < -0.39 is 9.84 Å². The van der Waals surface area contributed by atoms with Gasteiger partial charge in [-0.2, -0.15) is 0 Å². The number of hydrogen-bond acceptors (Lipinski definition) is 5. The summed E-state index contributed by atoms with van der Waals surface area (Å²) in [5.41, 5.74) is 6.85. The van der Waals surface area contributed by atoms with Crippen molar-refractivity contribution >= 4 is 25.8 Å². The lowest BCUT2D eigenvalue weighted by Gasteiger charge is -2.27. The normalized spacial score (nSPS) is 13.5. The highest BCUT2D eigenvalue weighted by Gasteiger charge is 2.18. The van der Waals surface area contributed by atoms with E-state index in [0.717, 1.165) is 15.8 Å². The van der Waals surface area contributed by atoms with Gasteiger partial charge in [-0.25, -0.2) is 8.42 Å². The number of benzene rings is 1. The molecule has 2 N–H and O–H groups in total. The van der Waals surface area contributed by atoms with Crippen LogP contribution in [-0.2, 0) is 9.84 Å². The summed E-state index contributed by atoms with van der Waals surface area (Å²) in [6, 6.07) is 5.73. The number of ether oxygens (including phenoxy) is 1. The molecule has 20 heavy (non-hydrogen) atoms. The summed E-state index contributed by atoms with van der Waals surface area (Å²) < 4.78 is 28.5. The molecule has 1 unspecified atom stereocenters. The average Bonchev–Trinajstić information content (AvgIpc) is 2.36. The van der Waals surface area contributed by atoms with Gasteiger partial charge in [-0.1, -0.05) is 6.07 Å². The molecule has 1 atom stereocenters. The predicted octanol–water partition coefficient (Wildman–Crippen LogP) is 1.43. The third-order valence-corrected chi connectivity index (χ3v) is 4.67. The maximum atomic E-state index is 11.2. The monoisotopic (exact) mass is 364 g/mol. The molecule has 0 aliphatic heterocycles. The quantitative estimate of drug-likeness (QED) is 0.792. The van der Waals surface area contributed by atoms with Crippen molar-refractivity contribution in [2.24, 2.45) is 5.73 Å². The lowest BCUT2D eigenvalue weighted by Crippen LogP contribution is -2.34. The first-order chi connectivity index (χ1) is 9.28. The van der Waals surface area contributed by atoms with Crippen molar-refractivity contribution < 1.29 is 13.2 Å². The summed E-state index contributed by atoms with van der Waals surface area (Å²) in [6.07, 6.45) is 1.24. The van der Waals surface area contributed by atoms with Gasteiger partial charge in [0.05, 0.1) is 17.3 Å². The predicted molar refractivity (Wildman–Crippen MR) is 84.8 cm³/mol. The zero-order valence-electron chi connectivity index (χ0n) is 12.0. The van der Waals surface area contributed by atoms with Gasteiger partial charge in [0.25, 0.3) is 0 Å². The van der Waals surface area contributed by atoms with Crippen LogP contribution in [0.15, 0.2) is 22.7 Å². The third-order valence-electron chi connectivity index (χ3n) is 3.13. The molecule has 0 fully saturated rings. The van der Waals surface area contributed by atoms with Crippen molar-refractivity contribution in [1.82, 2.24) is 4.90 Å². The van der Waals surface area contributed by atoms with E-state index in [1.165, 1.54) is 6.26 Å². The summed E-state index contributed by atoms with van der Waals surface area (Å²) in [5.74, 6) is 0.875. The second-order valence-corrected chi connectivity index (χ2v) is 7.87. The Morgan fingerprint density at radius 2 is 2.10 bits per heavy atom. The van der Waals surface area contributed by atoms with Gasteiger partial charge >= 0.3 is 0 Å². The van der Waals surface area contributed by atoms with E-state index in [2.05, 4.69) is 15.9 Å². The fraction of sp³-hybridized carbons (Fsp3) is 0.538. The van der Waals surface area contributed by atoms with Gasteiger partial charge < -0.3 is 10.5 Å². The Morgan fingerprint density at radius 3 is 2.55 bits per heavy atom. The summed E-state index contributed by atoms with van der Waals surface area (Å²) >= 11 is 3.44. The van der Waals surface area contributed by atoms with Crippen LogP contribution in [0.5, 0.6) is 5.75 Å². The van der Waals surface area contributed by atoms with Gasteiger partial charge in [0.15, 0.2) is 0 Å². The number of likely N-dealkylation sites (N-methyl/N-ethyl adjacent to an activating group) is 1. The Kier molecular flexibility index (Phi) is 6.44. The van der Waals surface area contributed by atoms with Crippen molar-refractivity contribution in [2.45, 2.75) is 6.04 Å². The van der Waals surface area contributed by atoms with Crippen molar-refractivity contribution in [3.05, 3.63) is 28.2 Å². The SMILES string of the molecule is COc1ccc(C(CN)N(C)CCS(C)(=O)=O)cc1Br. The fourth-order valence-electron chi connectivity index (χ4n) is 1.93. The molecule has 1 aromatic rings. The van der Waals surface area contributed by atoms with E-state index in [1.54, 1.807) is 7.11 Å². The van der Waals surface area contributed by atoms with Crippen LogP contribution in [0.4, 0.5) is 0 Å². The van der Waals surface area contributed by atoms with Crippen molar-refractivity contribution in [1.29, 1.82) is 0 Å². The van der Waals surface area contributed by atoms with Gasteiger partial charge in [-0.15, -0.1) is 0 Å². The molecular weight excluding hydrogens is 344 g/mol. The van der Waals surface area contributed by atoms with Crippen LogP contribution in [0.25, 0.3) is 0 Å². The van der Waals surface area contributed by atoms with Gasteiger partial charge in [0.1, 0.15) is 15.6 Å². The van der Waals surface area contributed by atoms with Crippen LogP contribution in [0.1, 0.15) is 11.6 Å². The van der Waals surface area contributed by atoms with E-state index in [4.69, 9.17) is 10.5 Å². The second kappa shape index (κ2) is 7.40. The molecule has 0 bridgehead atoms. The maximum absolute atomic E-state index is 11.2. The topological polar surface area (TPSA) is 72.6 Å². The summed E-state index contributed by atoms with van der Waals surface area (Å²) in [6.45, 7) is 0.864. The van der Waals surface area contributed by atoms with Crippen molar-refractivity contribution in [2.75, 3.05) is 39.3 Å². The zero-order valence-corrected chi connectivity index (χ0v) is 14.4. The Labute approximate surface area is 129 Å². The number of rotatable bonds is 7. The number of halogens is 1. The van der Waals surface area contributed by atoms with Crippen LogP contribution >= 0.6 is 15.9 Å². The smallest absolute Gasteiger partial charge is 0.148 e. The molecule has 0 spiro atoms. The number of nitrogens with two attached hydrogens (primary N) is 1. The van der Waals surface area contributed by atoms with Gasteiger partial charge in [0, 0.05) is 25.4 Å². The van der Waals surface area contributed by atoms with Crippen molar-refractivity contribution in [3.8, 4) is 5.75 Å². The lowest BCUT2D eigenvalue weighted by atomic mass is 10.1. The Hall–Kier alpha value is -0.630. The van der Waals surface area contributed by atoms with Crippen LogP contribution in [0.3, 0.4) is 0 Å². The van der Waals surface area contributed by atoms with E-state index in [9.17, 15) is 8.42 Å². The molecular formula is C13H21BrN2O3S. The minimum atomic E-state index is -2.97. The molecule has 0 aliphatic carbocycles. The lowest BCUT2D eigenvalue weighted by molar-refractivity contribution is 0.264. The Bertz CT molecular complexity index is 549. The van der Waals surface area contributed by atoms with Crippen LogP contribution < -0.4 is 10.5 Å². The maximum Gasteiger partial charge on any atom is 0.148 e. The highest BCUT2D eigenvalue weighted by molar-refractivity contribution is 9.10. The highest BCUT2D eigenvalue weighted by atomic mass is 79.9. The summed E-state index contributed by atoms with van der Waals surface area (Å²) in [4.78, 5) is 1.95. The van der Waals surface area contributed by atoms with Gasteiger partial charge in [-0.05, 0) is 40.7 Å². The molecule has 5 nitrogen and oxygen atoms in total. The molecule has 0 saturated carbocycles. The molecule has 0 amide bonds. The first kappa shape index (κ1) is 17.4. The molecule has 0 radical (unpaired) electrons. The first-order valence-corrected chi connectivity index (χ1v) is 9.05. The number of sulfone groups is 1. The Balaban J connectivity index is 2.87. The van der Waals surface area contributed by atoms with Crippen LogP contribution in [0.2, 0.25) is 0 Å². The van der Waals surface area contributed by atoms with Crippen LogP contribution in [-0.4, -0.2) is 52.6 Å². The second-order valence-electron chi connectivity index (χ2n) is 4.76. The third kappa shape index (κ3) is 5.05. The molecule has 0 saturated heterocycles. The largest absolute Gasteiger partial charge is 0.496 e. The Morgan fingerprint density at radius 1 is 1.45 bits per heavy atom. The first-order valence-electron chi connectivity index (χ1n) is 6.20. The van der Waals surface area contributed by atoms with E-state index >= 15 is 0 Å². The standard InChI is InChI=1S/C13H21BrN2O3S/c1-16(6-7-20(3,17)18)12(9-15)10-4-5-13(19-2)11(14)8-10/h4-5,8,12H,6-7,9,15H2,1-3H3. The fourth-order valence-corrected chi connectivity index (χ4v) is 3.10. The summed E-state index contributed by atoms with van der Waals surface area (Å²) in [7, 11) is 0.512. The van der Waals surface area contributed by atoms with Gasteiger partial charge in [-0.3, -0.25) is 4.90 Å². The summed E-state index contributed by atoms with van der Waals surface area (Å²) in [5, 5.41) is 0. The number of methoxy groups -OCH3 is 1. The molecule has 7 heteroatoms. The van der Waals surface area contributed by atoms with E-state index in [-0.39, 0.29) is 11.8 Å². The highest BCUT2D eigenvalue weighted by Crippen LogP contribution is 2.29. The molecule has 0 aliphatic rings. The average molecular weight is 365 g/mol. The molecule has 1 aromatic carbocycles. The zero-order chi connectivity index (χ0) is 15.3. The minimum Gasteiger partial charge on any atom is -0.496 e. The van der Waals surface area contributed by atoms with Gasteiger partial charge in [0.2, 0.25) is 0 Å².